The number of benzene rings is 2. The third-order valence-corrected chi connectivity index (χ3v) is 4.85. The van der Waals surface area contributed by atoms with Crippen LogP contribution in [0.4, 0.5) is 10.2 Å². The van der Waals surface area contributed by atoms with E-state index in [1.54, 1.807) is 6.07 Å². The van der Waals surface area contributed by atoms with Crippen molar-refractivity contribution in [3.8, 4) is 22.4 Å². The number of amidine groups is 1. The van der Waals surface area contributed by atoms with Gasteiger partial charge in [-0.3, -0.25) is 4.79 Å². The zero-order valence-corrected chi connectivity index (χ0v) is 17.1. The largest absolute Gasteiger partial charge is 0.388 e. The smallest absolute Gasteiger partial charge is 0.260 e. The number of rotatable bonds is 7. The van der Waals surface area contributed by atoms with E-state index >= 15 is 0 Å². The SMILES string of the molecule is CCC/C=C/c1ccc(-c2cc(-c3ccc(NC)cc3)c(/C(N)=N/F)c(=O)[nH]2)cc1. The summed E-state index contributed by atoms with van der Waals surface area (Å²) in [5, 5.41) is 5.59. The quantitative estimate of drug-likeness (QED) is 0.376. The van der Waals surface area contributed by atoms with Gasteiger partial charge in [0.15, 0.2) is 5.84 Å². The van der Waals surface area contributed by atoms with Gasteiger partial charge in [0.2, 0.25) is 0 Å². The molecular formula is C24H25FN4O. The number of nitrogens with two attached hydrogens (primary N) is 1. The van der Waals surface area contributed by atoms with E-state index in [-0.39, 0.29) is 5.56 Å². The third kappa shape index (κ3) is 4.66. The summed E-state index contributed by atoms with van der Waals surface area (Å²) in [5.74, 6) is -0.452. The van der Waals surface area contributed by atoms with Gasteiger partial charge < -0.3 is 16.0 Å². The van der Waals surface area contributed by atoms with Crippen molar-refractivity contribution in [1.82, 2.24) is 4.98 Å². The van der Waals surface area contributed by atoms with E-state index in [2.05, 4.69) is 34.6 Å². The number of unbranched alkanes of at least 4 members (excludes halogenated alkanes) is 1. The first-order chi connectivity index (χ1) is 14.6. The van der Waals surface area contributed by atoms with Gasteiger partial charge in [-0.1, -0.05) is 71.6 Å². The number of pyridine rings is 1. The van der Waals surface area contributed by atoms with Gasteiger partial charge >= 0.3 is 0 Å². The molecule has 1 heterocycles. The first-order valence-corrected chi connectivity index (χ1v) is 9.84. The van der Waals surface area contributed by atoms with E-state index in [9.17, 15) is 9.28 Å². The Bertz CT molecular complexity index is 1110. The lowest BCUT2D eigenvalue weighted by Crippen LogP contribution is -2.25. The molecule has 0 saturated heterocycles. The minimum atomic E-state index is -0.494. The Balaban J connectivity index is 2.08. The van der Waals surface area contributed by atoms with E-state index in [0.29, 0.717) is 11.3 Å². The highest BCUT2D eigenvalue weighted by Gasteiger charge is 2.16. The lowest BCUT2D eigenvalue weighted by atomic mass is 9.97. The minimum Gasteiger partial charge on any atom is -0.388 e. The Morgan fingerprint density at radius 3 is 2.40 bits per heavy atom. The van der Waals surface area contributed by atoms with Crippen LogP contribution in [0.1, 0.15) is 30.9 Å². The third-order valence-electron chi connectivity index (χ3n) is 4.85. The molecule has 6 heteroatoms. The molecule has 0 saturated carbocycles. The Hall–Kier alpha value is -3.67. The number of aromatic amines is 1. The van der Waals surface area contributed by atoms with Crippen LogP contribution in [0.2, 0.25) is 0 Å². The monoisotopic (exact) mass is 404 g/mol. The number of anilines is 1. The van der Waals surface area contributed by atoms with E-state index < -0.39 is 11.4 Å². The highest BCUT2D eigenvalue weighted by Crippen LogP contribution is 2.28. The summed E-state index contributed by atoms with van der Waals surface area (Å²) in [6, 6.07) is 17.1. The fraction of sp³-hybridized carbons (Fsp3) is 0.167. The maximum absolute atomic E-state index is 13.0. The molecule has 0 amide bonds. The molecule has 5 nitrogen and oxygen atoms in total. The second-order valence-corrected chi connectivity index (χ2v) is 6.91. The van der Waals surface area contributed by atoms with Crippen molar-refractivity contribution in [3.05, 3.63) is 82.2 Å². The number of nitrogens with zero attached hydrogens (tertiary/aromatic N) is 1. The molecule has 4 N–H and O–H groups in total. The van der Waals surface area contributed by atoms with Gasteiger partial charge in [0.1, 0.15) is 0 Å². The fourth-order valence-electron chi connectivity index (χ4n) is 3.22. The van der Waals surface area contributed by atoms with E-state index in [4.69, 9.17) is 5.73 Å². The molecule has 0 unspecified atom stereocenters. The lowest BCUT2D eigenvalue weighted by Gasteiger charge is -2.12. The van der Waals surface area contributed by atoms with E-state index in [1.165, 1.54) is 0 Å². The number of hydrogen-bond donors (Lipinski definition) is 3. The number of nitrogens with one attached hydrogen (secondary N) is 2. The number of aromatic nitrogens is 1. The molecule has 30 heavy (non-hydrogen) atoms. The number of halogens is 1. The Labute approximate surface area is 175 Å². The molecule has 0 aliphatic carbocycles. The molecule has 0 aliphatic rings. The first-order valence-electron chi connectivity index (χ1n) is 9.84. The van der Waals surface area contributed by atoms with E-state index in [0.717, 1.165) is 35.2 Å². The Kier molecular flexibility index (Phi) is 6.80. The molecule has 0 aliphatic heterocycles. The molecule has 0 atom stereocenters. The highest BCUT2D eigenvalue weighted by atomic mass is 19.2. The average molecular weight is 404 g/mol. The van der Waals surface area contributed by atoms with Crippen LogP contribution in [0.15, 0.2) is 70.7 Å². The maximum Gasteiger partial charge on any atom is 0.260 e. The summed E-state index contributed by atoms with van der Waals surface area (Å²) in [6.45, 7) is 2.14. The molecule has 154 valence electrons. The standard InChI is InChI=1S/C24H25FN4O/c1-3-4-5-6-16-7-9-18(10-8-16)21-15-20(17-11-13-19(27-2)14-12-17)22(23(26)29-25)24(30)28-21/h5-15,27H,3-4H2,1-2H3,(H2,26,29)(H,28,30)/b6-5+. The van der Waals surface area contributed by atoms with Gasteiger partial charge in [-0.15, -0.1) is 0 Å². The zero-order valence-electron chi connectivity index (χ0n) is 17.1. The number of H-pyrrole nitrogens is 1. The van der Waals surface area contributed by atoms with Crippen molar-refractivity contribution in [2.45, 2.75) is 19.8 Å². The average Bonchev–Trinajstić information content (AvgIpc) is 2.78. The normalized spacial score (nSPS) is 11.8. The van der Waals surface area contributed by atoms with Crippen LogP contribution in [-0.4, -0.2) is 17.9 Å². The van der Waals surface area contributed by atoms with Gasteiger partial charge in [-0.05, 0) is 41.3 Å². The highest BCUT2D eigenvalue weighted by molar-refractivity contribution is 6.03. The summed E-state index contributed by atoms with van der Waals surface area (Å²) in [7, 11) is 1.82. The van der Waals surface area contributed by atoms with E-state index in [1.807, 2.05) is 55.6 Å². The Morgan fingerprint density at radius 1 is 1.13 bits per heavy atom. The molecule has 0 bridgehead atoms. The van der Waals surface area contributed by atoms with Crippen LogP contribution >= 0.6 is 0 Å². The summed E-state index contributed by atoms with van der Waals surface area (Å²) in [6.07, 6.45) is 6.35. The second kappa shape index (κ2) is 9.69. The second-order valence-electron chi connectivity index (χ2n) is 6.91. The van der Waals surface area contributed by atoms with Gasteiger partial charge in [0, 0.05) is 24.0 Å². The Morgan fingerprint density at radius 2 is 1.80 bits per heavy atom. The molecule has 3 rings (SSSR count). The first kappa shape index (κ1) is 21.0. The van der Waals surface area contributed by atoms with Crippen LogP contribution < -0.4 is 16.6 Å². The van der Waals surface area contributed by atoms with Crippen molar-refractivity contribution in [3.63, 3.8) is 0 Å². The van der Waals surface area contributed by atoms with Gasteiger partial charge in [-0.25, -0.2) is 0 Å². The molecular weight excluding hydrogens is 379 g/mol. The topological polar surface area (TPSA) is 83.3 Å². The minimum absolute atomic E-state index is 0.0116. The van der Waals surface area contributed by atoms with Crippen molar-refractivity contribution in [2.75, 3.05) is 12.4 Å². The van der Waals surface area contributed by atoms with Gasteiger partial charge in [0.05, 0.1) is 5.56 Å². The van der Waals surface area contributed by atoms with Crippen LogP contribution in [0, 0.1) is 0 Å². The summed E-state index contributed by atoms with van der Waals surface area (Å²) in [4.78, 5) is 15.6. The molecule has 2 aromatic carbocycles. The van der Waals surface area contributed by atoms with Crippen molar-refractivity contribution >= 4 is 17.6 Å². The van der Waals surface area contributed by atoms with Crippen molar-refractivity contribution in [2.24, 2.45) is 10.9 Å². The van der Waals surface area contributed by atoms with Gasteiger partial charge in [0.25, 0.3) is 5.56 Å². The molecule has 3 aromatic rings. The summed E-state index contributed by atoms with van der Waals surface area (Å²) >= 11 is 0. The fourth-order valence-corrected chi connectivity index (χ4v) is 3.22. The van der Waals surface area contributed by atoms with Crippen LogP contribution in [0.5, 0.6) is 0 Å². The lowest BCUT2D eigenvalue weighted by molar-refractivity contribution is 0.536. The van der Waals surface area contributed by atoms with Crippen LogP contribution in [0.25, 0.3) is 28.5 Å². The van der Waals surface area contributed by atoms with Gasteiger partial charge in [-0.2, -0.15) is 0 Å². The van der Waals surface area contributed by atoms with Crippen molar-refractivity contribution in [1.29, 1.82) is 0 Å². The molecule has 0 fully saturated rings. The molecule has 0 spiro atoms. The summed E-state index contributed by atoms with van der Waals surface area (Å²) in [5.41, 5.74) is 9.93. The van der Waals surface area contributed by atoms with Crippen molar-refractivity contribution < 1.29 is 4.48 Å². The zero-order chi connectivity index (χ0) is 21.5. The maximum atomic E-state index is 13.0. The molecule has 1 aromatic heterocycles. The predicted molar refractivity (Wildman–Crippen MR) is 123 cm³/mol. The van der Waals surface area contributed by atoms with Crippen LogP contribution in [-0.2, 0) is 0 Å². The predicted octanol–water partition coefficient (Wildman–Crippen LogP) is 5.15. The summed E-state index contributed by atoms with van der Waals surface area (Å²) < 4.78 is 13.0. The number of allylic oxidation sites excluding steroid dienone is 1. The van der Waals surface area contributed by atoms with Crippen LogP contribution in [0.3, 0.4) is 0 Å². The number of hydrogen-bond acceptors (Lipinski definition) is 3. The molecule has 0 radical (unpaired) electrons.